The standard InChI is InChI=1S/C17H11Cl2F2N3O5/c1-26-12-5-8(2-3-11(12)28-17(20)21)15-23-13(29-24-15)7-27-16(25)9-4-10(18)14(19)22-6-9/h2-6,17H,7H2,1H3. The first-order valence-corrected chi connectivity index (χ1v) is 8.57. The number of ether oxygens (including phenoxy) is 3. The van der Waals surface area contributed by atoms with Crippen molar-refractivity contribution < 1.29 is 32.3 Å². The average Bonchev–Trinajstić information content (AvgIpc) is 3.17. The predicted molar refractivity (Wildman–Crippen MR) is 96.3 cm³/mol. The monoisotopic (exact) mass is 445 g/mol. The van der Waals surface area contributed by atoms with Gasteiger partial charge in [0, 0.05) is 11.8 Å². The summed E-state index contributed by atoms with van der Waals surface area (Å²) in [6, 6.07) is 5.45. The van der Waals surface area contributed by atoms with Gasteiger partial charge in [-0.05, 0) is 24.3 Å². The predicted octanol–water partition coefficient (Wildman–Crippen LogP) is 4.41. The molecule has 3 rings (SSSR count). The van der Waals surface area contributed by atoms with Gasteiger partial charge in [-0.15, -0.1) is 0 Å². The molecule has 0 amide bonds. The molecule has 0 N–H and O–H groups in total. The van der Waals surface area contributed by atoms with Crippen LogP contribution in [0.1, 0.15) is 16.2 Å². The minimum absolute atomic E-state index is 0.00763. The largest absolute Gasteiger partial charge is 0.493 e. The van der Waals surface area contributed by atoms with Crippen LogP contribution in [0.4, 0.5) is 8.78 Å². The molecule has 1 aromatic carbocycles. The summed E-state index contributed by atoms with van der Waals surface area (Å²) >= 11 is 11.5. The number of aromatic nitrogens is 3. The van der Waals surface area contributed by atoms with E-state index in [0.29, 0.717) is 5.56 Å². The number of methoxy groups -OCH3 is 1. The zero-order chi connectivity index (χ0) is 21.0. The normalized spacial score (nSPS) is 10.8. The second-order valence-corrected chi connectivity index (χ2v) is 6.09. The summed E-state index contributed by atoms with van der Waals surface area (Å²) < 4.78 is 44.3. The third-order valence-corrected chi connectivity index (χ3v) is 4.15. The maximum atomic E-state index is 12.4. The molecule has 0 aliphatic carbocycles. The van der Waals surface area contributed by atoms with E-state index in [1.54, 1.807) is 0 Å². The van der Waals surface area contributed by atoms with Crippen molar-refractivity contribution in [3.8, 4) is 22.9 Å². The summed E-state index contributed by atoms with van der Waals surface area (Å²) in [7, 11) is 1.30. The third-order valence-electron chi connectivity index (χ3n) is 3.46. The summed E-state index contributed by atoms with van der Waals surface area (Å²) in [4.78, 5) is 19.9. The van der Waals surface area contributed by atoms with E-state index >= 15 is 0 Å². The van der Waals surface area contributed by atoms with Crippen molar-refractivity contribution in [2.24, 2.45) is 0 Å². The van der Waals surface area contributed by atoms with Gasteiger partial charge in [-0.3, -0.25) is 0 Å². The lowest BCUT2D eigenvalue weighted by molar-refractivity contribution is -0.0512. The average molecular weight is 446 g/mol. The van der Waals surface area contributed by atoms with Gasteiger partial charge >= 0.3 is 12.6 Å². The molecule has 0 spiro atoms. The van der Waals surface area contributed by atoms with Crippen LogP contribution in [-0.2, 0) is 11.3 Å². The van der Waals surface area contributed by atoms with Crippen molar-refractivity contribution in [2.75, 3.05) is 7.11 Å². The van der Waals surface area contributed by atoms with E-state index in [4.69, 9.17) is 37.2 Å². The summed E-state index contributed by atoms with van der Waals surface area (Å²) in [6.07, 6.45) is 1.21. The van der Waals surface area contributed by atoms with Gasteiger partial charge in [0.25, 0.3) is 5.89 Å². The molecule has 0 bridgehead atoms. The summed E-state index contributed by atoms with van der Waals surface area (Å²) in [5, 5.41) is 3.92. The number of benzene rings is 1. The Bertz CT molecular complexity index is 1030. The zero-order valence-corrected chi connectivity index (χ0v) is 16.1. The zero-order valence-electron chi connectivity index (χ0n) is 14.6. The molecule has 0 aliphatic heterocycles. The number of nitrogens with zero attached hydrogens (tertiary/aromatic N) is 3. The molecule has 152 valence electrons. The molecule has 2 aromatic heterocycles. The quantitative estimate of drug-likeness (QED) is 0.389. The molecule has 8 nitrogen and oxygen atoms in total. The molecule has 0 saturated heterocycles. The highest BCUT2D eigenvalue weighted by molar-refractivity contribution is 6.41. The highest BCUT2D eigenvalue weighted by Gasteiger charge is 2.16. The van der Waals surface area contributed by atoms with Crippen LogP contribution >= 0.6 is 23.2 Å². The molecular formula is C17H11Cl2F2N3O5. The molecule has 0 fully saturated rings. The van der Waals surface area contributed by atoms with Crippen molar-refractivity contribution in [3.63, 3.8) is 0 Å². The maximum absolute atomic E-state index is 12.4. The van der Waals surface area contributed by atoms with Crippen molar-refractivity contribution in [2.45, 2.75) is 13.2 Å². The van der Waals surface area contributed by atoms with Gasteiger partial charge in [-0.1, -0.05) is 28.4 Å². The van der Waals surface area contributed by atoms with Gasteiger partial charge in [0.05, 0.1) is 17.7 Å². The molecule has 12 heteroatoms. The van der Waals surface area contributed by atoms with Crippen LogP contribution in [-0.4, -0.2) is 34.8 Å². The molecular weight excluding hydrogens is 435 g/mol. The second kappa shape index (κ2) is 9.01. The van der Waals surface area contributed by atoms with Gasteiger partial charge < -0.3 is 18.7 Å². The number of pyridine rings is 1. The maximum Gasteiger partial charge on any atom is 0.387 e. The van der Waals surface area contributed by atoms with E-state index in [0.717, 1.165) is 0 Å². The smallest absolute Gasteiger partial charge is 0.387 e. The van der Waals surface area contributed by atoms with Crippen LogP contribution in [0.15, 0.2) is 35.0 Å². The van der Waals surface area contributed by atoms with E-state index in [1.807, 2.05) is 0 Å². The van der Waals surface area contributed by atoms with Crippen LogP contribution in [0.25, 0.3) is 11.4 Å². The first-order chi connectivity index (χ1) is 13.9. The Hall–Kier alpha value is -2.98. The van der Waals surface area contributed by atoms with Gasteiger partial charge in [0.2, 0.25) is 5.82 Å². The number of carbonyl (C=O) groups excluding carboxylic acids is 1. The fraction of sp³-hybridized carbons (Fsp3) is 0.176. The Morgan fingerprint density at radius 2 is 2.03 bits per heavy atom. The minimum Gasteiger partial charge on any atom is -0.493 e. The SMILES string of the molecule is COc1cc(-c2noc(COC(=O)c3cnc(Cl)c(Cl)c3)n2)ccc1OC(F)F. The molecule has 0 radical (unpaired) electrons. The number of hydrogen-bond donors (Lipinski definition) is 0. The van der Waals surface area contributed by atoms with E-state index in [1.165, 1.54) is 37.6 Å². The van der Waals surface area contributed by atoms with Crippen LogP contribution in [0.3, 0.4) is 0 Å². The Labute approximate surface area is 172 Å². The van der Waals surface area contributed by atoms with Crippen LogP contribution in [0, 0.1) is 0 Å². The number of esters is 1. The van der Waals surface area contributed by atoms with Gasteiger partial charge in [-0.25, -0.2) is 9.78 Å². The molecule has 2 heterocycles. The Balaban J connectivity index is 1.69. The molecule has 0 unspecified atom stereocenters. The van der Waals surface area contributed by atoms with E-state index in [9.17, 15) is 13.6 Å². The third kappa shape index (κ3) is 5.09. The van der Waals surface area contributed by atoms with Crippen LogP contribution in [0.2, 0.25) is 10.2 Å². The van der Waals surface area contributed by atoms with E-state index in [2.05, 4.69) is 19.9 Å². The van der Waals surface area contributed by atoms with Crippen molar-refractivity contribution >= 4 is 29.2 Å². The number of carbonyl (C=O) groups is 1. The lowest BCUT2D eigenvalue weighted by Gasteiger charge is -2.10. The van der Waals surface area contributed by atoms with Crippen LogP contribution in [0.5, 0.6) is 11.5 Å². The fourth-order valence-corrected chi connectivity index (χ4v) is 2.44. The molecule has 29 heavy (non-hydrogen) atoms. The summed E-state index contributed by atoms with van der Waals surface area (Å²) in [5.41, 5.74) is 0.511. The first kappa shape index (κ1) is 20.7. The number of alkyl halides is 2. The van der Waals surface area contributed by atoms with Crippen molar-refractivity contribution in [1.29, 1.82) is 0 Å². The van der Waals surface area contributed by atoms with Gasteiger partial charge in [-0.2, -0.15) is 13.8 Å². The van der Waals surface area contributed by atoms with Crippen LogP contribution < -0.4 is 9.47 Å². The van der Waals surface area contributed by atoms with E-state index in [-0.39, 0.29) is 45.6 Å². The number of rotatable bonds is 7. The molecule has 0 aliphatic rings. The second-order valence-electron chi connectivity index (χ2n) is 5.33. The lowest BCUT2D eigenvalue weighted by atomic mass is 10.2. The highest BCUT2D eigenvalue weighted by atomic mass is 35.5. The summed E-state index contributed by atoms with van der Waals surface area (Å²) in [6.45, 7) is -3.30. The first-order valence-electron chi connectivity index (χ1n) is 7.81. The molecule has 0 saturated carbocycles. The van der Waals surface area contributed by atoms with Crippen molar-refractivity contribution in [3.05, 3.63) is 52.1 Å². The Kier molecular flexibility index (Phi) is 6.45. The van der Waals surface area contributed by atoms with Crippen molar-refractivity contribution in [1.82, 2.24) is 15.1 Å². The fourth-order valence-electron chi connectivity index (χ4n) is 2.17. The van der Waals surface area contributed by atoms with E-state index < -0.39 is 12.6 Å². The summed E-state index contributed by atoms with van der Waals surface area (Å²) in [5.74, 6) is -0.653. The Morgan fingerprint density at radius 3 is 2.72 bits per heavy atom. The number of hydrogen-bond acceptors (Lipinski definition) is 8. The van der Waals surface area contributed by atoms with Gasteiger partial charge in [0.1, 0.15) is 5.15 Å². The van der Waals surface area contributed by atoms with Gasteiger partial charge in [0.15, 0.2) is 18.1 Å². The lowest BCUT2D eigenvalue weighted by Crippen LogP contribution is -2.06. The molecule has 0 atom stereocenters. The molecule has 3 aromatic rings. The number of halogens is 4. The highest BCUT2D eigenvalue weighted by Crippen LogP contribution is 2.32. The Morgan fingerprint density at radius 1 is 1.24 bits per heavy atom. The minimum atomic E-state index is -2.99. The topological polar surface area (TPSA) is 96.6 Å².